The highest BCUT2D eigenvalue weighted by Crippen LogP contribution is 2.29. The molecule has 8 heteroatoms. The highest BCUT2D eigenvalue weighted by atomic mass is 32.2. The van der Waals surface area contributed by atoms with Gasteiger partial charge >= 0.3 is 5.51 Å². The third kappa shape index (κ3) is 2.14. The number of carbonyl (C=O) groups is 1. The van der Waals surface area contributed by atoms with E-state index in [1.807, 2.05) is 0 Å². The molecule has 0 aromatic carbocycles. The lowest BCUT2D eigenvalue weighted by Gasteiger charge is -2.07. The van der Waals surface area contributed by atoms with Gasteiger partial charge in [-0.25, -0.2) is 8.42 Å². The smallest absolute Gasteiger partial charge is 0.298 e. The van der Waals surface area contributed by atoms with E-state index in [4.69, 9.17) is 0 Å². The van der Waals surface area contributed by atoms with Crippen molar-refractivity contribution in [2.24, 2.45) is 0 Å². The summed E-state index contributed by atoms with van der Waals surface area (Å²) < 4.78 is 57.8. The summed E-state index contributed by atoms with van der Waals surface area (Å²) in [4.78, 5) is 12.4. The molecule has 0 N–H and O–H groups in total. The van der Waals surface area contributed by atoms with E-state index in [1.165, 1.54) is 0 Å². The summed E-state index contributed by atoms with van der Waals surface area (Å²) in [6.45, 7) is 0. The number of nitrogens with zero attached hydrogens (tertiary/aromatic N) is 1. The Morgan fingerprint density at radius 3 is 2.33 bits per heavy atom. The van der Waals surface area contributed by atoms with Crippen LogP contribution in [0.4, 0.5) is 13.2 Å². The maximum atomic E-state index is 12.1. The first-order chi connectivity index (χ1) is 6.79. The molecule has 0 fully saturated rings. The summed E-state index contributed by atoms with van der Waals surface area (Å²) in [6.07, 6.45) is 1.71. The van der Waals surface area contributed by atoms with Crippen LogP contribution in [0.2, 0.25) is 0 Å². The Balaban J connectivity index is 3.34. The van der Waals surface area contributed by atoms with Crippen molar-refractivity contribution in [3.05, 3.63) is 24.0 Å². The summed E-state index contributed by atoms with van der Waals surface area (Å²) in [7, 11) is -5.43. The molecule has 0 saturated heterocycles. The zero-order valence-electron chi connectivity index (χ0n) is 7.02. The lowest BCUT2D eigenvalue weighted by atomic mass is 10.3. The summed E-state index contributed by atoms with van der Waals surface area (Å²) in [5.74, 6) is 0. The highest BCUT2D eigenvalue weighted by Gasteiger charge is 2.47. The van der Waals surface area contributed by atoms with E-state index < -0.39 is 20.2 Å². The Hall–Kier alpha value is -1.44. The zero-order valence-corrected chi connectivity index (χ0v) is 7.84. The Bertz CT molecular complexity index is 480. The monoisotopic (exact) mass is 239 g/mol. The molecule has 0 unspecified atom stereocenters. The number of halogens is 3. The third-order valence-electron chi connectivity index (χ3n) is 1.49. The Morgan fingerprint density at radius 2 is 1.87 bits per heavy atom. The molecule has 0 atom stereocenters. The number of sulfone groups is 1. The van der Waals surface area contributed by atoms with Gasteiger partial charge in [0.05, 0.1) is 4.90 Å². The number of aromatic nitrogens is 1. The SMILES string of the molecule is O=Cc1cncc(S(=O)(=O)C(F)(F)F)c1. The Labute approximate surface area is 82.7 Å². The largest absolute Gasteiger partial charge is 0.501 e. The van der Waals surface area contributed by atoms with Crippen LogP contribution in [0.1, 0.15) is 10.4 Å². The molecule has 0 saturated carbocycles. The van der Waals surface area contributed by atoms with Crippen LogP contribution < -0.4 is 0 Å². The Kier molecular flexibility index (Phi) is 2.80. The number of alkyl halides is 3. The number of carbonyl (C=O) groups excluding carboxylic acids is 1. The van der Waals surface area contributed by atoms with Gasteiger partial charge in [-0.15, -0.1) is 0 Å². The van der Waals surface area contributed by atoms with Gasteiger partial charge in [0.15, 0.2) is 6.29 Å². The van der Waals surface area contributed by atoms with Crippen LogP contribution in [0.5, 0.6) is 0 Å². The average molecular weight is 239 g/mol. The number of hydrogen-bond acceptors (Lipinski definition) is 4. The van der Waals surface area contributed by atoms with E-state index in [0.29, 0.717) is 12.3 Å². The van der Waals surface area contributed by atoms with Gasteiger partial charge in [0.1, 0.15) is 0 Å². The van der Waals surface area contributed by atoms with Crippen molar-refractivity contribution >= 4 is 16.1 Å². The van der Waals surface area contributed by atoms with Gasteiger partial charge in [0, 0.05) is 18.0 Å². The van der Waals surface area contributed by atoms with E-state index in [9.17, 15) is 26.4 Å². The van der Waals surface area contributed by atoms with Crippen molar-refractivity contribution < 1.29 is 26.4 Å². The molecule has 1 rings (SSSR count). The molecule has 1 heterocycles. The second-order valence-corrected chi connectivity index (χ2v) is 4.46. The summed E-state index contributed by atoms with van der Waals surface area (Å²) in [5.41, 5.74) is -5.63. The lowest BCUT2D eigenvalue weighted by molar-refractivity contribution is -0.0436. The second kappa shape index (κ2) is 3.61. The molecule has 0 bridgehead atoms. The van der Waals surface area contributed by atoms with Crippen molar-refractivity contribution in [1.82, 2.24) is 4.98 Å². The van der Waals surface area contributed by atoms with E-state index in [1.54, 1.807) is 0 Å². The van der Waals surface area contributed by atoms with Crippen molar-refractivity contribution in [2.75, 3.05) is 0 Å². The van der Waals surface area contributed by atoms with Gasteiger partial charge < -0.3 is 0 Å². The molecule has 0 aliphatic heterocycles. The molecule has 1 aromatic rings. The quantitative estimate of drug-likeness (QED) is 0.727. The van der Waals surface area contributed by atoms with Gasteiger partial charge in [-0.3, -0.25) is 9.78 Å². The maximum Gasteiger partial charge on any atom is 0.501 e. The van der Waals surface area contributed by atoms with Crippen molar-refractivity contribution in [2.45, 2.75) is 10.4 Å². The fourth-order valence-electron chi connectivity index (χ4n) is 0.781. The average Bonchev–Trinajstić information content (AvgIpc) is 2.16. The molecule has 4 nitrogen and oxygen atoms in total. The van der Waals surface area contributed by atoms with E-state index in [-0.39, 0.29) is 11.8 Å². The molecule has 0 aliphatic carbocycles. The zero-order chi connectivity index (χ0) is 11.7. The van der Waals surface area contributed by atoms with Crippen LogP contribution in [0, 0.1) is 0 Å². The minimum atomic E-state index is -5.43. The molecule has 0 amide bonds. The molecule has 0 spiro atoms. The fraction of sp³-hybridized carbons (Fsp3) is 0.143. The molecule has 15 heavy (non-hydrogen) atoms. The first kappa shape index (κ1) is 11.6. The predicted molar refractivity (Wildman–Crippen MR) is 42.9 cm³/mol. The molecule has 1 aromatic heterocycles. The van der Waals surface area contributed by atoms with Gasteiger partial charge in [0.2, 0.25) is 0 Å². The van der Waals surface area contributed by atoms with Crippen LogP contribution in [0.3, 0.4) is 0 Å². The molecular formula is C7H4F3NO3S. The van der Waals surface area contributed by atoms with Gasteiger partial charge in [-0.1, -0.05) is 0 Å². The summed E-state index contributed by atoms with van der Waals surface area (Å²) in [5, 5.41) is 0. The normalized spacial score (nSPS) is 12.5. The van der Waals surface area contributed by atoms with Gasteiger partial charge in [-0.2, -0.15) is 13.2 Å². The van der Waals surface area contributed by atoms with Gasteiger partial charge in [0.25, 0.3) is 9.84 Å². The fourth-order valence-corrected chi connectivity index (χ4v) is 1.54. The predicted octanol–water partition coefficient (Wildman–Crippen LogP) is 1.19. The van der Waals surface area contributed by atoms with Crippen LogP contribution in [0.25, 0.3) is 0 Å². The summed E-state index contributed by atoms with van der Waals surface area (Å²) >= 11 is 0. The minimum absolute atomic E-state index is 0.211. The van der Waals surface area contributed by atoms with Crippen LogP contribution in [-0.2, 0) is 9.84 Å². The number of aldehydes is 1. The van der Waals surface area contributed by atoms with Crippen molar-refractivity contribution in [3.8, 4) is 0 Å². The van der Waals surface area contributed by atoms with Crippen molar-refractivity contribution in [3.63, 3.8) is 0 Å². The minimum Gasteiger partial charge on any atom is -0.298 e. The van der Waals surface area contributed by atoms with E-state index in [2.05, 4.69) is 4.98 Å². The van der Waals surface area contributed by atoms with Crippen LogP contribution >= 0.6 is 0 Å². The first-order valence-electron chi connectivity index (χ1n) is 3.50. The standard InChI is InChI=1S/C7H4F3NO3S/c8-7(9,10)15(13,14)6-1-5(4-12)2-11-3-6/h1-4H. The van der Waals surface area contributed by atoms with Crippen molar-refractivity contribution in [1.29, 1.82) is 0 Å². The van der Waals surface area contributed by atoms with Crippen LogP contribution in [-0.4, -0.2) is 25.2 Å². The van der Waals surface area contributed by atoms with Crippen LogP contribution in [0.15, 0.2) is 23.4 Å². The summed E-state index contributed by atoms with van der Waals surface area (Å²) in [6, 6.07) is 0.614. The topological polar surface area (TPSA) is 64.1 Å². The van der Waals surface area contributed by atoms with E-state index >= 15 is 0 Å². The maximum absolute atomic E-state index is 12.1. The van der Waals surface area contributed by atoms with Gasteiger partial charge in [-0.05, 0) is 6.07 Å². The Morgan fingerprint density at radius 1 is 1.27 bits per heavy atom. The molecule has 0 radical (unpaired) electrons. The first-order valence-corrected chi connectivity index (χ1v) is 4.99. The number of rotatable bonds is 2. The number of hydrogen-bond donors (Lipinski definition) is 0. The van der Waals surface area contributed by atoms with E-state index in [0.717, 1.165) is 6.20 Å². The second-order valence-electron chi connectivity index (χ2n) is 2.52. The third-order valence-corrected chi connectivity index (χ3v) is 2.94. The number of pyridine rings is 1. The molecule has 0 aliphatic rings. The molecular weight excluding hydrogens is 235 g/mol. The highest BCUT2D eigenvalue weighted by molar-refractivity contribution is 7.92. The molecule has 82 valence electrons. The lowest BCUT2D eigenvalue weighted by Crippen LogP contribution is -2.23.